The van der Waals surface area contributed by atoms with Crippen molar-refractivity contribution in [2.45, 2.75) is 13.5 Å². The van der Waals surface area contributed by atoms with Crippen molar-refractivity contribution in [3.63, 3.8) is 0 Å². The van der Waals surface area contributed by atoms with E-state index in [-0.39, 0.29) is 17.8 Å². The second-order valence-electron chi connectivity index (χ2n) is 4.20. The zero-order valence-corrected chi connectivity index (χ0v) is 11.0. The highest BCUT2D eigenvalue weighted by molar-refractivity contribution is 6.03. The molecule has 0 aliphatic heterocycles. The first-order valence-electron chi connectivity index (χ1n) is 5.80. The van der Waals surface area contributed by atoms with Gasteiger partial charge in [0.1, 0.15) is 11.5 Å². The Labute approximate surface area is 114 Å². The number of carboxylic acids is 1. The van der Waals surface area contributed by atoms with Crippen LogP contribution in [0.5, 0.6) is 0 Å². The molecule has 0 unspecified atom stereocenters. The number of hydrogen-bond donors (Lipinski definition) is 2. The number of amides is 1. The number of hydrogen-bond acceptors (Lipinski definition) is 5. The normalized spacial score (nSPS) is 10.3. The molecule has 20 heavy (non-hydrogen) atoms. The molecule has 8 nitrogen and oxygen atoms in total. The van der Waals surface area contributed by atoms with Crippen molar-refractivity contribution in [1.82, 2.24) is 25.1 Å². The average molecular weight is 275 g/mol. The molecule has 1 amide bonds. The third kappa shape index (κ3) is 2.79. The van der Waals surface area contributed by atoms with Gasteiger partial charge in [0.25, 0.3) is 5.91 Å². The Morgan fingerprint density at radius 2 is 2.20 bits per heavy atom. The van der Waals surface area contributed by atoms with Gasteiger partial charge in [-0.15, -0.1) is 0 Å². The van der Waals surface area contributed by atoms with E-state index in [4.69, 9.17) is 5.11 Å². The average Bonchev–Trinajstić information content (AvgIpc) is 2.83. The van der Waals surface area contributed by atoms with Gasteiger partial charge in [0.05, 0.1) is 12.1 Å². The summed E-state index contributed by atoms with van der Waals surface area (Å²) in [6.07, 6.45) is 1.38. The second kappa shape index (κ2) is 5.47. The van der Waals surface area contributed by atoms with Crippen molar-refractivity contribution in [2.24, 2.45) is 0 Å². The fourth-order valence-corrected chi connectivity index (χ4v) is 1.67. The number of H-pyrrole nitrogens is 1. The van der Waals surface area contributed by atoms with E-state index in [2.05, 4.69) is 20.2 Å². The van der Waals surface area contributed by atoms with E-state index >= 15 is 0 Å². The third-order valence-electron chi connectivity index (χ3n) is 2.61. The van der Waals surface area contributed by atoms with E-state index in [0.717, 1.165) is 0 Å². The lowest BCUT2D eigenvalue weighted by atomic mass is 10.2. The summed E-state index contributed by atoms with van der Waals surface area (Å²) in [6, 6.07) is 2.81. The van der Waals surface area contributed by atoms with Crippen molar-refractivity contribution < 1.29 is 14.7 Å². The zero-order chi connectivity index (χ0) is 14.7. The van der Waals surface area contributed by atoms with Crippen molar-refractivity contribution in [3.8, 4) is 0 Å². The fourth-order valence-electron chi connectivity index (χ4n) is 1.67. The highest BCUT2D eigenvalue weighted by Gasteiger charge is 2.21. The molecule has 2 heterocycles. The molecule has 0 aliphatic carbocycles. The Bertz CT molecular complexity index is 652. The van der Waals surface area contributed by atoms with Gasteiger partial charge in [-0.3, -0.25) is 14.9 Å². The third-order valence-corrected chi connectivity index (χ3v) is 2.61. The largest absolute Gasteiger partial charge is 0.478 e. The van der Waals surface area contributed by atoms with Gasteiger partial charge in [0, 0.05) is 13.2 Å². The molecule has 0 atom stereocenters. The number of carboxylic acid groups (broad SMARTS) is 1. The first-order valence-corrected chi connectivity index (χ1v) is 5.80. The van der Waals surface area contributed by atoms with Gasteiger partial charge in [-0.2, -0.15) is 5.10 Å². The molecule has 0 saturated heterocycles. The molecular weight excluding hydrogens is 262 g/mol. The Hall–Kier alpha value is -2.77. The molecule has 0 bridgehead atoms. The van der Waals surface area contributed by atoms with Gasteiger partial charge < -0.3 is 10.0 Å². The lowest BCUT2D eigenvalue weighted by molar-refractivity contribution is 0.0677. The zero-order valence-electron chi connectivity index (χ0n) is 11.0. The first kappa shape index (κ1) is 13.7. The molecule has 8 heteroatoms. The van der Waals surface area contributed by atoms with Crippen molar-refractivity contribution in [2.75, 3.05) is 7.05 Å². The standard InChI is InChI=1S/C12H13N5O3/c1-7-14-9(16-15-7)6-17(2)11(18)10-8(12(19)20)4-3-5-13-10/h3-5H,6H2,1-2H3,(H,19,20)(H,14,15,16). The highest BCUT2D eigenvalue weighted by Crippen LogP contribution is 2.09. The van der Waals surface area contributed by atoms with Crippen LogP contribution in [-0.2, 0) is 6.54 Å². The molecule has 0 aromatic carbocycles. The Balaban J connectivity index is 2.20. The number of carbonyl (C=O) groups is 2. The number of aryl methyl sites for hydroxylation is 1. The molecule has 0 radical (unpaired) electrons. The molecular formula is C12H13N5O3. The van der Waals surface area contributed by atoms with Crippen molar-refractivity contribution in [3.05, 3.63) is 41.2 Å². The number of aromatic carboxylic acids is 1. The van der Waals surface area contributed by atoms with E-state index in [1.165, 1.54) is 30.3 Å². The van der Waals surface area contributed by atoms with Crippen LogP contribution < -0.4 is 0 Å². The van der Waals surface area contributed by atoms with Crippen molar-refractivity contribution >= 4 is 11.9 Å². The Morgan fingerprint density at radius 1 is 1.45 bits per heavy atom. The summed E-state index contributed by atoms with van der Waals surface area (Å²) in [4.78, 5) is 32.5. The summed E-state index contributed by atoms with van der Waals surface area (Å²) in [5.74, 6) is -0.592. The van der Waals surface area contributed by atoms with E-state index in [0.29, 0.717) is 11.6 Å². The lowest BCUT2D eigenvalue weighted by Crippen LogP contribution is -2.29. The predicted octanol–water partition coefficient (Wildman–Crippen LogP) is 0.479. The molecule has 2 rings (SSSR count). The van der Waals surface area contributed by atoms with Crippen LogP contribution in [0.2, 0.25) is 0 Å². The number of rotatable bonds is 4. The van der Waals surface area contributed by atoms with Crippen LogP contribution in [0.25, 0.3) is 0 Å². The number of pyridine rings is 1. The van der Waals surface area contributed by atoms with Crippen LogP contribution in [0.15, 0.2) is 18.3 Å². The summed E-state index contributed by atoms with van der Waals surface area (Å²) >= 11 is 0. The van der Waals surface area contributed by atoms with Gasteiger partial charge in [-0.1, -0.05) is 0 Å². The quantitative estimate of drug-likeness (QED) is 0.839. The Kier molecular flexibility index (Phi) is 3.74. The van der Waals surface area contributed by atoms with Gasteiger partial charge in [0.15, 0.2) is 5.82 Å². The van der Waals surface area contributed by atoms with E-state index in [1.807, 2.05) is 0 Å². The molecule has 2 aromatic rings. The number of aromatic amines is 1. The molecule has 104 valence electrons. The van der Waals surface area contributed by atoms with E-state index in [9.17, 15) is 9.59 Å². The smallest absolute Gasteiger partial charge is 0.338 e. The molecule has 2 N–H and O–H groups in total. The topological polar surface area (TPSA) is 112 Å². The van der Waals surface area contributed by atoms with Gasteiger partial charge >= 0.3 is 5.97 Å². The molecule has 0 fully saturated rings. The second-order valence-corrected chi connectivity index (χ2v) is 4.20. The maximum absolute atomic E-state index is 12.2. The summed E-state index contributed by atoms with van der Waals surface area (Å²) < 4.78 is 0. The van der Waals surface area contributed by atoms with Crippen LogP contribution in [0.4, 0.5) is 0 Å². The predicted molar refractivity (Wildman–Crippen MR) is 68.1 cm³/mol. The summed E-state index contributed by atoms with van der Waals surface area (Å²) in [6.45, 7) is 1.92. The summed E-state index contributed by atoms with van der Waals surface area (Å²) in [5.41, 5.74) is -0.231. The minimum atomic E-state index is -1.19. The van der Waals surface area contributed by atoms with Crippen molar-refractivity contribution in [1.29, 1.82) is 0 Å². The van der Waals surface area contributed by atoms with Crippen LogP contribution in [0.3, 0.4) is 0 Å². The first-order chi connectivity index (χ1) is 9.49. The van der Waals surface area contributed by atoms with Crippen LogP contribution >= 0.6 is 0 Å². The molecule has 2 aromatic heterocycles. The van der Waals surface area contributed by atoms with Crippen LogP contribution in [0, 0.1) is 6.92 Å². The number of nitrogens with zero attached hydrogens (tertiary/aromatic N) is 4. The number of aromatic nitrogens is 4. The number of nitrogens with one attached hydrogen (secondary N) is 1. The molecule has 0 aliphatic rings. The number of carbonyl (C=O) groups excluding carboxylic acids is 1. The Morgan fingerprint density at radius 3 is 2.80 bits per heavy atom. The minimum Gasteiger partial charge on any atom is -0.478 e. The van der Waals surface area contributed by atoms with Gasteiger partial charge in [0.2, 0.25) is 0 Å². The van der Waals surface area contributed by atoms with Gasteiger partial charge in [-0.25, -0.2) is 9.78 Å². The van der Waals surface area contributed by atoms with E-state index in [1.54, 1.807) is 6.92 Å². The fraction of sp³-hybridized carbons (Fsp3) is 0.250. The van der Waals surface area contributed by atoms with Crippen LogP contribution in [-0.4, -0.2) is 49.1 Å². The SMILES string of the molecule is Cc1nc(CN(C)C(=O)c2ncccc2C(=O)O)n[nH]1. The van der Waals surface area contributed by atoms with Crippen LogP contribution in [0.1, 0.15) is 32.5 Å². The van der Waals surface area contributed by atoms with E-state index < -0.39 is 11.9 Å². The summed E-state index contributed by atoms with van der Waals surface area (Å²) in [5, 5.41) is 15.6. The monoisotopic (exact) mass is 275 g/mol. The van der Waals surface area contributed by atoms with Gasteiger partial charge in [-0.05, 0) is 19.1 Å². The highest BCUT2D eigenvalue weighted by atomic mass is 16.4. The minimum absolute atomic E-state index is 0.102. The maximum Gasteiger partial charge on any atom is 0.338 e. The molecule has 0 saturated carbocycles. The molecule has 0 spiro atoms. The summed E-state index contributed by atoms with van der Waals surface area (Å²) in [7, 11) is 1.54. The lowest BCUT2D eigenvalue weighted by Gasteiger charge is -2.15. The maximum atomic E-state index is 12.2.